The second kappa shape index (κ2) is 4.69. The number of hydrogen-bond donors (Lipinski definition) is 1. The van der Waals surface area contributed by atoms with Crippen LogP contribution in [0.1, 0.15) is 5.69 Å². The van der Waals surface area contributed by atoms with Gasteiger partial charge in [-0.2, -0.15) is 0 Å². The highest BCUT2D eigenvalue weighted by Gasteiger charge is 2.11. The molecule has 17 heavy (non-hydrogen) atoms. The topological polar surface area (TPSA) is 42.1 Å². The molecule has 0 unspecified atom stereocenters. The number of anilines is 1. The van der Waals surface area contributed by atoms with Gasteiger partial charge < -0.3 is 10.6 Å². The molecule has 90 valence electrons. The average Bonchev–Trinajstić information content (AvgIpc) is 2.26. The van der Waals surface area contributed by atoms with Gasteiger partial charge in [-0.05, 0) is 18.2 Å². The molecule has 2 N–H and O–H groups in total. The Morgan fingerprint density at radius 2 is 1.94 bits per heavy atom. The molecule has 0 atom stereocenters. The summed E-state index contributed by atoms with van der Waals surface area (Å²) in [5, 5.41) is 2.08. The minimum Gasteiger partial charge on any atom is -0.377 e. The van der Waals surface area contributed by atoms with E-state index in [1.165, 1.54) is 0 Å². The van der Waals surface area contributed by atoms with Crippen LogP contribution in [0.15, 0.2) is 18.2 Å². The lowest BCUT2D eigenvalue weighted by molar-refractivity contribution is 0.999. The van der Waals surface area contributed by atoms with Gasteiger partial charge in [0.05, 0.1) is 16.2 Å². The summed E-state index contributed by atoms with van der Waals surface area (Å²) in [7, 11) is 3.92. The number of aromatic nitrogens is 1. The number of nitrogens with zero attached hydrogens (tertiary/aromatic N) is 2. The van der Waals surface area contributed by atoms with E-state index in [-0.39, 0.29) is 0 Å². The van der Waals surface area contributed by atoms with Gasteiger partial charge in [-0.3, -0.25) is 4.98 Å². The van der Waals surface area contributed by atoms with Crippen molar-refractivity contribution in [3.63, 3.8) is 0 Å². The number of rotatable bonds is 2. The molecular formula is C12H13Cl2N3. The van der Waals surface area contributed by atoms with Crippen molar-refractivity contribution in [2.45, 2.75) is 6.54 Å². The SMILES string of the molecule is CN(C)c1cc(CN)nc2cc(Cl)cc(Cl)c12. The molecule has 5 heteroatoms. The molecule has 0 bridgehead atoms. The molecule has 1 aromatic heterocycles. The lowest BCUT2D eigenvalue weighted by Crippen LogP contribution is -2.11. The summed E-state index contributed by atoms with van der Waals surface area (Å²) in [4.78, 5) is 6.43. The van der Waals surface area contributed by atoms with Crippen molar-refractivity contribution in [1.82, 2.24) is 4.98 Å². The molecule has 1 aromatic carbocycles. The quantitative estimate of drug-likeness (QED) is 0.911. The van der Waals surface area contributed by atoms with Gasteiger partial charge in [0.25, 0.3) is 0 Å². The van der Waals surface area contributed by atoms with E-state index < -0.39 is 0 Å². The van der Waals surface area contributed by atoms with Gasteiger partial charge in [-0.1, -0.05) is 23.2 Å². The molecule has 2 rings (SSSR count). The first-order valence-electron chi connectivity index (χ1n) is 5.19. The Balaban J connectivity index is 2.86. The van der Waals surface area contributed by atoms with Gasteiger partial charge in [-0.15, -0.1) is 0 Å². The van der Waals surface area contributed by atoms with Crippen LogP contribution in [-0.4, -0.2) is 19.1 Å². The van der Waals surface area contributed by atoms with E-state index in [1.54, 1.807) is 12.1 Å². The van der Waals surface area contributed by atoms with Crippen LogP contribution in [0, 0.1) is 0 Å². The van der Waals surface area contributed by atoms with Crippen LogP contribution < -0.4 is 10.6 Å². The second-order valence-electron chi connectivity index (χ2n) is 4.01. The Morgan fingerprint density at radius 3 is 2.53 bits per heavy atom. The van der Waals surface area contributed by atoms with Crippen molar-refractivity contribution in [2.75, 3.05) is 19.0 Å². The molecule has 1 heterocycles. The lowest BCUT2D eigenvalue weighted by atomic mass is 10.1. The Kier molecular flexibility index (Phi) is 3.43. The first kappa shape index (κ1) is 12.4. The predicted octanol–water partition coefficient (Wildman–Crippen LogP) is 3.07. The molecule has 0 spiro atoms. The molecule has 0 aliphatic carbocycles. The van der Waals surface area contributed by atoms with E-state index in [2.05, 4.69) is 4.98 Å². The summed E-state index contributed by atoms with van der Waals surface area (Å²) >= 11 is 12.2. The van der Waals surface area contributed by atoms with Gasteiger partial charge in [0.2, 0.25) is 0 Å². The zero-order valence-electron chi connectivity index (χ0n) is 9.67. The van der Waals surface area contributed by atoms with Gasteiger partial charge in [0.1, 0.15) is 0 Å². The minimum atomic E-state index is 0.390. The monoisotopic (exact) mass is 269 g/mol. The average molecular weight is 270 g/mol. The van der Waals surface area contributed by atoms with Crippen LogP contribution in [0.2, 0.25) is 10.0 Å². The number of hydrogen-bond acceptors (Lipinski definition) is 3. The maximum Gasteiger partial charge on any atom is 0.0756 e. The molecule has 0 aliphatic rings. The molecule has 0 radical (unpaired) electrons. The number of benzene rings is 1. The zero-order valence-corrected chi connectivity index (χ0v) is 11.2. The highest BCUT2D eigenvalue weighted by molar-refractivity contribution is 6.39. The van der Waals surface area contributed by atoms with Crippen LogP contribution in [0.25, 0.3) is 10.9 Å². The summed E-state index contributed by atoms with van der Waals surface area (Å²) in [6, 6.07) is 5.47. The number of nitrogens with two attached hydrogens (primary N) is 1. The van der Waals surface area contributed by atoms with Crippen molar-refractivity contribution >= 4 is 39.8 Å². The molecule has 2 aromatic rings. The molecule has 0 aliphatic heterocycles. The number of halogens is 2. The fraction of sp³-hybridized carbons (Fsp3) is 0.250. The summed E-state index contributed by atoms with van der Waals surface area (Å²) in [5.41, 5.74) is 8.23. The zero-order chi connectivity index (χ0) is 12.6. The molecule has 0 saturated heterocycles. The summed E-state index contributed by atoms with van der Waals surface area (Å²) < 4.78 is 0. The van der Waals surface area contributed by atoms with E-state index >= 15 is 0 Å². The highest BCUT2D eigenvalue weighted by atomic mass is 35.5. The third-order valence-corrected chi connectivity index (χ3v) is 3.06. The largest absolute Gasteiger partial charge is 0.377 e. The van der Waals surface area contributed by atoms with Crippen molar-refractivity contribution < 1.29 is 0 Å². The summed E-state index contributed by atoms with van der Waals surface area (Å²) in [6.45, 7) is 0.390. The number of pyridine rings is 1. The maximum atomic E-state index is 6.22. The molecule has 3 nitrogen and oxygen atoms in total. The van der Waals surface area contributed by atoms with E-state index in [9.17, 15) is 0 Å². The molecule has 0 saturated carbocycles. The summed E-state index contributed by atoms with van der Waals surface area (Å²) in [6.07, 6.45) is 0. The van der Waals surface area contributed by atoms with Crippen LogP contribution in [-0.2, 0) is 6.54 Å². The molecular weight excluding hydrogens is 257 g/mol. The van der Waals surface area contributed by atoms with E-state index in [0.717, 1.165) is 22.3 Å². The Hall–Kier alpha value is -1.03. The molecule has 0 fully saturated rings. The van der Waals surface area contributed by atoms with E-state index in [4.69, 9.17) is 28.9 Å². The van der Waals surface area contributed by atoms with Crippen molar-refractivity contribution in [1.29, 1.82) is 0 Å². The minimum absolute atomic E-state index is 0.390. The van der Waals surface area contributed by atoms with Crippen LogP contribution in [0.5, 0.6) is 0 Å². The van der Waals surface area contributed by atoms with E-state index in [1.807, 2.05) is 25.1 Å². The normalized spacial score (nSPS) is 10.9. The van der Waals surface area contributed by atoms with E-state index in [0.29, 0.717) is 16.6 Å². The smallest absolute Gasteiger partial charge is 0.0756 e. The lowest BCUT2D eigenvalue weighted by Gasteiger charge is -2.17. The fourth-order valence-corrected chi connectivity index (χ4v) is 2.36. The molecule has 0 amide bonds. The van der Waals surface area contributed by atoms with Crippen molar-refractivity contribution in [3.05, 3.63) is 33.9 Å². The van der Waals surface area contributed by atoms with Crippen molar-refractivity contribution in [2.24, 2.45) is 5.73 Å². The van der Waals surface area contributed by atoms with Gasteiger partial charge in [0, 0.05) is 36.7 Å². The van der Waals surface area contributed by atoms with Gasteiger partial charge >= 0.3 is 0 Å². The first-order chi connectivity index (χ1) is 8.02. The number of fused-ring (bicyclic) bond motifs is 1. The Labute approximate surface area is 110 Å². The third kappa shape index (κ3) is 2.32. The Morgan fingerprint density at radius 1 is 1.24 bits per heavy atom. The fourth-order valence-electron chi connectivity index (χ4n) is 1.78. The predicted molar refractivity (Wildman–Crippen MR) is 74.0 cm³/mol. The highest BCUT2D eigenvalue weighted by Crippen LogP contribution is 2.34. The van der Waals surface area contributed by atoms with Gasteiger partial charge in [-0.25, -0.2) is 0 Å². The van der Waals surface area contributed by atoms with Crippen LogP contribution in [0.4, 0.5) is 5.69 Å². The third-order valence-electron chi connectivity index (χ3n) is 2.55. The first-order valence-corrected chi connectivity index (χ1v) is 5.94. The van der Waals surface area contributed by atoms with Crippen LogP contribution >= 0.6 is 23.2 Å². The Bertz CT molecular complexity index is 567. The standard InChI is InChI=1S/C12H13Cl2N3/c1-17(2)11-5-8(6-15)16-10-4-7(13)3-9(14)12(10)11/h3-5H,6,15H2,1-2H3. The van der Waals surface area contributed by atoms with Crippen molar-refractivity contribution in [3.8, 4) is 0 Å². The summed E-state index contributed by atoms with van der Waals surface area (Å²) in [5.74, 6) is 0. The van der Waals surface area contributed by atoms with Gasteiger partial charge in [0.15, 0.2) is 0 Å². The second-order valence-corrected chi connectivity index (χ2v) is 4.86. The maximum absolute atomic E-state index is 6.22. The van der Waals surface area contributed by atoms with Crippen LogP contribution in [0.3, 0.4) is 0 Å².